The molecule has 5 heteroatoms. The summed E-state index contributed by atoms with van der Waals surface area (Å²) in [5.74, 6) is -0.0426. The molecule has 5 nitrogen and oxygen atoms in total. The highest BCUT2D eigenvalue weighted by Crippen LogP contribution is 2.19. The fourth-order valence-electron chi connectivity index (χ4n) is 1.29. The average Bonchev–Trinajstić information content (AvgIpc) is 2.23. The van der Waals surface area contributed by atoms with E-state index in [0.29, 0.717) is 24.7 Å². The standard InChI is InChI=1S/C11H17N3O2/c1-5-9(15)14-10-7(3)12-11(16-6-2)13-8(10)4/h5-6H2,1-4H3,(H,14,15). The van der Waals surface area contributed by atoms with Crippen molar-refractivity contribution in [2.45, 2.75) is 34.1 Å². The lowest BCUT2D eigenvalue weighted by Crippen LogP contribution is -2.14. The zero-order valence-electron chi connectivity index (χ0n) is 10.1. The number of anilines is 1. The number of hydrogen-bond acceptors (Lipinski definition) is 4. The van der Waals surface area contributed by atoms with E-state index in [0.717, 1.165) is 11.4 Å². The van der Waals surface area contributed by atoms with Crippen molar-refractivity contribution in [2.75, 3.05) is 11.9 Å². The zero-order valence-corrected chi connectivity index (χ0v) is 10.1. The molecule has 0 bridgehead atoms. The summed E-state index contributed by atoms with van der Waals surface area (Å²) in [6.07, 6.45) is 0.437. The summed E-state index contributed by atoms with van der Waals surface area (Å²) in [4.78, 5) is 19.6. The zero-order chi connectivity index (χ0) is 12.1. The number of aromatic nitrogens is 2. The van der Waals surface area contributed by atoms with Gasteiger partial charge in [0.05, 0.1) is 23.7 Å². The fourth-order valence-corrected chi connectivity index (χ4v) is 1.29. The molecule has 0 radical (unpaired) electrons. The van der Waals surface area contributed by atoms with E-state index in [9.17, 15) is 4.79 Å². The Hall–Kier alpha value is -1.65. The van der Waals surface area contributed by atoms with Crippen molar-refractivity contribution in [3.63, 3.8) is 0 Å². The number of carbonyl (C=O) groups is 1. The lowest BCUT2D eigenvalue weighted by molar-refractivity contribution is -0.115. The van der Waals surface area contributed by atoms with Crippen LogP contribution >= 0.6 is 0 Å². The minimum Gasteiger partial charge on any atom is -0.464 e. The minimum atomic E-state index is -0.0426. The molecule has 0 aliphatic heterocycles. The topological polar surface area (TPSA) is 64.1 Å². The van der Waals surface area contributed by atoms with E-state index in [-0.39, 0.29) is 5.91 Å². The molecule has 1 heterocycles. The number of amides is 1. The molecular weight excluding hydrogens is 206 g/mol. The maximum Gasteiger partial charge on any atom is 0.316 e. The smallest absolute Gasteiger partial charge is 0.316 e. The number of carbonyl (C=O) groups excluding carboxylic acids is 1. The van der Waals surface area contributed by atoms with E-state index in [4.69, 9.17) is 4.74 Å². The van der Waals surface area contributed by atoms with Crippen molar-refractivity contribution in [3.05, 3.63) is 11.4 Å². The summed E-state index contributed by atoms with van der Waals surface area (Å²) in [5, 5.41) is 2.78. The predicted octanol–water partition coefficient (Wildman–Crippen LogP) is 1.84. The van der Waals surface area contributed by atoms with Crippen LogP contribution in [-0.2, 0) is 4.79 Å². The van der Waals surface area contributed by atoms with E-state index in [1.807, 2.05) is 20.8 Å². The van der Waals surface area contributed by atoms with Crippen LogP contribution in [0.1, 0.15) is 31.7 Å². The maximum atomic E-state index is 11.3. The third-order valence-electron chi connectivity index (χ3n) is 2.11. The quantitative estimate of drug-likeness (QED) is 0.846. The van der Waals surface area contributed by atoms with E-state index in [1.54, 1.807) is 6.92 Å². The molecule has 0 aliphatic rings. The van der Waals surface area contributed by atoms with E-state index < -0.39 is 0 Å². The monoisotopic (exact) mass is 223 g/mol. The Bertz CT molecular complexity index is 368. The van der Waals surface area contributed by atoms with Crippen molar-refractivity contribution < 1.29 is 9.53 Å². The molecule has 16 heavy (non-hydrogen) atoms. The first kappa shape index (κ1) is 12.4. The van der Waals surface area contributed by atoms with Gasteiger partial charge in [0.25, 0.3) is 0 Å². The van der Waals surface area contributed by atoms with Gasteiger partial charge >= 0.3 is 6.01 Å². The summed E-state index contributed by atoms with van der Waals surface area (Å²) in [6, 6.07) is 0.354. The van der Waals surface area contributed by atoms with Crippen LogP contribution in [0.4, 0.5) is 5.69 Å². The number of hydrogen-bond donors (Lipinski definition) is 1. The third-order valence-corrected chi connectivity index (χ3v) is 2.11. The van der Waals surface area contributed by atoms with Gasteiger partial charge in [0, 0.05) is 6.42 Å². The van der Waals surface area contributed by atoms with Crippen molar-refractivity contribution in [2.24, 2.45) is 0 Å². The maximum absolute atomic E-state index is 11.3. The normalized spacial score (nSPS) is 10.0. The summed E-state index contributed by atoms with van der Waals surface area (Å²) >= 11 is 0. The second-order valence-electron chi connectivity index (χ2n) is 3.39. The van der Waals surface area contributed by atoms with Crippen LogP contribution in [0, 0.1) is 13.8 Å². The molecular formula is C11H17N3O2. The summed E-state index contributed by atoms with van der Waals surface area (Å²) in [7, 11) is 0. The first-order valence-corrected chi connectivity index (χ1v) is 5.36. The number of nitrogens with one attached hydrogen (secondary N) is 1. The van der Waals surface area contributed by atoms with Crippen LogP contribution in [0.5, 0.6) is 6.01 Å². The van der Waals surface area contributed by atoms with Gasteiger partial charge in [-0.15, -0.1) is 0 Å². The molecule has 0 fully saturated rings. The van der Waals surface area contributed by atoms with E-state index >= 15 is 0 Å². The Kier molecular flexibility index (Phi) is 4.22. The second-order valence-corrected chi connectivity index (χ2v) is 3.39. The lowest BCUT2D eigenvalue weighted by Gasteiger charge is -2.11. The number of ether oxygens (including phenoxy) is 1. The molecule has 1 rings (SSSR count). The summed E-state index contributed by atoms with van der Waals surface area (Å²) in [6.45, 7) is 7.85. The van der Waals surface area contributed by atoms with Crippen LogP contribution in [0.2, 0.25) is 0 Å². The summed E-state index contributed by atoms with van der Waals surface area (Å²) < 4.78 is 5.22. The lowest BCUT2D eigenvalue weighted by atomic mass is 10.2. The van der Waals surface area contributed by atoms with Gasteiger partial charge in [0.2, 0.25) is 5.91 Å². The van der Waals surface area contributed by atoms with Crippen molar-refractivity contribution >= 4 is 11.6 Å². The van der Waals surface area contributed by atoms with Gasteiger partial charge in [-0.2, -0.15) is 9.97 Å². The third kappa shape index (κ3) is 2.92. The van der Waals surface area contributed by atoms with Gasteiger partial charge in [0.15, 0.2) is 0 Å². The van der Waals surface area contributed by atoms with Gasteiger partial charge in [-0.3, -0.25) is 4.79 Å². The van der Waals surface area contributed by atoms with Crippen LogP contribution in [0.15, 0.2) is 0 Å². The van der Waals surface area contributed by atoms with E-state index in [2.05, 4.69) is 15.3 Å². The molecule has 0 aliphatic carbocycles. The Morgan fingerprint density at radius 1 is 1.25 bits per heavy atom. The highest BCUT2D eigenvalue weighted by Gasteiger charge is 2.10. The van der Waals surface area contributed by atoms with Crippen molar-refractivity contribution in [1.29, 1.82) is 0 Å². The van der Waals surface area contributed by atoms with Crippen LogP contribution < -0.4 is 10.1 Å². The predicted molar refractivity (Wildman–Crippen MR) is 61.6 cm³/mol. The molecule has 1 aromatic rings. The van der Waals surface area contributed by atoms with Gasteiger partial charge in [-0.25, -0.2) is 0 Å². The molecule has 0 aromatic carbocycles. The average molecular weight is 223 g/mol. The Balaban J connectivity index is 2.98. The number of nitrogens with zero attached hydrogens (tertiary/aromatic N) is 2. The molecule has 0 saturated carbocycles. The first-order valence-electron chi connectivity index (χ1n) is 5.36. The van der Waals surface area contributed by atoms with Crippen LogP contribution in [0.3, 0.4) is 0 Å². The van der Waals surface area contributed by atoms with Gasteiger partial charge in [-0.1, -0.05) is 6.92 Å². The molecule has 1 amide bonds. The largest absolute Gasteiger partial charge is 0.464 e. The van der Waals surface area contributed by atoms with Crippen molar-refractivity contribution in [3.8, 4) is 6.01 Å². The Morgan fingerprint density at radius 2 is 1.81 bits per heavy atom. The Morgan fingerprint density at radius 3 is 2.25 bits per heavy atom. The minimum absolute atomic E-state index is 0.0426. The van der Waals surface area contributed by atoms with Crippen LogP contribution in [0.25, 0.3) is 0 Å². The molecule has 1 aromatic heterocycles. The Labute approximate surface area is 95.3 Å². The SMILES string of the molecule is CCOc1nc(C)c(NC(=O)CC)c(C)n1. The number of rotatable bonds is 4. The molecule has 88 valence electrons. The first-order chi connectivity index (χ1) is 7.58. The molecule has 0 atom stereocenters. The van der Waals surface area contributed by atoms with Crippen LogP contribution in [-0.4, -0.2) is 22.5 Å². The molecule has 0 saturated heterocycles. The van der Waals surface area contributed by atoms with Gasteiger partial charge < -0.3 is 10.1 Å². The molecule has 0 spiro atoms. The molecule has 0 unspecified atom stereocenters. The van der Waals surface area contributed by atoms with E-state index in [1.165, 1.54) is 0 Å². The fraction of sp³-hybridized carbons (Fsp3) is 0.545. The molecule has 1 N–H and O–H groups in total. The van der Waals surface area contributed by atoms with Crippen molar-refractivity contribution in [1.82, 2.24) is 9.97 Å². The highest BCUT2D eigenvalue weighted by atomic mass is 16.5. The summed E-state index contributed by atoms with van der Waals surface area (Å²) in [5.41, 5.74) is 2.12. The van der Waals surface area contributed by atoms with Gasteiger partial charge in [0.1, 0.15) is 0 Å². The van der Waals surface area contributed by atoms with Gasteiger partial charge in [-0.05, 0) is 20.8 Å². The highest BCUT2D eigenvalue weighted by molar-refractivity contribution is 5.91. The second kappa shape index (κ2) is 5.44. The number of aryl methyl sites for hydroxylation is 2.